The van der Waals surface area contributed by atoms with Crippen LogP contribution in [0.4, 0.5) is 0 Å². The van der Waals surface area contributed by atoms with Crippen LogP contribution in [0.25, 0.3) is 32.0 Å². The summed E-state index contributed by atoms with van der Waals surface area (Å²) >= 11 is 3.69. The van der Waals surface area contributed by atoms with Crippen molar-refractivity contribution in [3.05, 3.63) is 77.1 Å². The second-order valence-corrected chi connectivity index (χ2v) is 9.92. The van der Waals surface area contributed by atoms with Gasteiger partial charge in [0.25, 0.3) is 0 Å². The van der Waals surface area contributed by atoms with E-state index in [0.717, 1.165) is 36.6 Å². The van der Waals surface area contributed by atoms with E-state index in [1.165, 1.54) is 37.6 Å². The molecular weight excluding hydrogens is 418 g/mol. The van der Waals surface area contributed by atoms with Gasteiger partial charge < -0.3 is 9.13 Å². The summed E-state index contributed by atoms with van der Waals surface area (Å²) in [6.07, 6.45) is 3.19. The van der Waals surface area contributed by atoms with E-state index in [9.17, 15) is 0 Å². The number of para-hydroxylation sites is 2. The number of hydrogen-bond acceptors (Lipinski definition) is 3. The molecule has 0 N–H and O–H groups in total. The van der Waals surface area contributed by atoms with Crippen molar-refractivity contribution in [2.45, 2.75) is 26.4 Å². The first-order chi connectivity index (χ1) is 15.3. The lowest BCUT2D eigenvalue weighted by atomic mass is 10.1. The summed E-state index contributed by atoms with van der Waals surface area (Å²) < 4.78 is 6.17. The molecule has 0 saturated carbocycles. The lowest BCUT2D eigenvalue weighted by Gasteiger charge is -2.07. The number of benzene rings is 3. The van der Waals surface area contributed by atoms with Crippen molar-refractivity contribution in [1.29, 1.82) is 0 Å². The van der Waals surface area contributed by atoms with Crippen LogP contribution in [0.3, 0.4) is 0 Å². The Morgan fingerprint density at radius 1 is 0.839 bits per heavy atom. The number of fused-ring (bicyclic) bond motifs is 4. The molecule has 0 aliphatic carbocycles. The first-order valence-corrected chi connectivity index (χ1v) is 13.0. The number of thiazole rings is 1. The monoisotopic (exact) mass is 445 g/mol. The van der Waals surface area contributed by atoms with Crippen molar-refractivity contribution in [2.75, 3.05) is 18.6 Å². The van der Waals surface area contributed by atoms with Crippen molar-refractivity contribution < 1.29 is 0 Å². The maximum Gasteiger partial charge on any atom is 0.185 e. The van der Waals surface area contributed by atoms with Gasteiger partial charge in [0.05, 0.1) is 10.2 Å². The third-order valence-electron chi connectivity index (χ3n) is 5.82. The van der Waals surface area contributed by atoms with Gasteiger partial charge in [-0.15, -0.1) is 0 Å². The van der Waals surface area contributed by atoms with Crippen LogP contribution in [-0.2, 0) is 13.1 Å². The van der Waals surface area contributed by atoms with E-state index in [2.05, 4.69) is 89.0 Å². The third-order valence-corrected chi connectivity index (χ3v) is 7.51. The highest BCUT2D eigenvalue weighted by Gasteiger charge is 2.10. The molecule has 2 aromatic heterocycles. The van der Waals surface area contributed by atoms with Gasteiger partial charge >= 0.3 is 0 Å². The molecule has 5 rings (SSSR count). The molecule has 5 aromatic rings. The molecule has 158 valence electrons. The number of aryl methyl sites for hydroxylation is 3. The van der Waals surface area contributed by atoms with Crippen molar-refractivity contribution in [2.24, 2.45) is 4.99 Å². The van der Waals surface area contributed by atoms with Gasteiger partial charge in [0.2, 0.25) is 0 Å². The number of thioether (sulfide) groups is 1. The average Bonchev–Trinajstić information content (AvgIpc) is 3.30. The minimum absolute atomic E-state index is 0.839. The summed E-state index contributed by atoms with van der Waals surface area (Å²) in [5.74, 6) is 1.11. The van der Waals surface area contributed by atoms with Crippen LogP contribution < -0.4 is 4.80 Å². The Hall–Kier alpha value is -2.50. The highest BCUT2D eigenvalue weighted by Crippen LogP contribution is 2.29. The van der Waals surface area contributed by atoms with E-state index < -0.39 is 0 Å². The molecule has 0 aliphatic rings. The van der Waals surface area contributed by atoms with Crippen LogP contribution in [-0.4, -0.2) is 27.7 Å². The maximum absolute atomic E-state index is 5.03. The Kier molecular flexibility index (Phi) is 5.88. The van der Waals surface area contributed by atoms with Crippen LogP contribution in [0.1, 0.15) is 12.0 Å². The molecule has 5 heteroatoms. The predicted molar refractivity (Wildman–Crippen MR) is 137 cm³/mol. The van der Waals surface area contributed by atoms with E-state index in [1.807, 2.05) is 23.1 Å². The van der Waals surface area contributed by atoms with Crippen LogP contribution in [0.5, 0.6) is 0 Å². The Morgan fingerprint density at radius 3 is 2.48 bits per heavy atom. The smallest absolute Gasteiger partial charge is 0.185 e. The number of rotatable bonds is 7. The van der Waals surface area contributed by atoms with Gasteiger partial charge in [-0.3, -0.25) is 4.99 Å². The highest BCUT2D eigenvalue weighted by atomic mass is 32.2. The molecule has 0 bridgehead atoms. The highest BCUT2D eigenvalue weighted by molar-refractivity contribution is 7.98. The van der Waals surface area contributed by atoms with Gasteiger partial charge in [0.15, 0.2) is 4.80 Å². The Morgan fingerprint density at radius 2 is 1.61 bits per heavy atom. The molecule has 0 unspecified atom stereocenters. The zero-order valence-electron chi connectivity index (χ0n) is 18.0. The lowest BCUT2D eigenvalue weighted by molar-refractivity contribution is 0.671. The number of nitrogens with zero attached hydrogens (tertiary/aromatic N) is 3. The first-order valence-electron chi connectivity index (χ1n) is 10.8. The SMILES string of the molecule is CSCCn1c(=NCCCn2c3ccccc3c3cc(C)ccc32)sc2ccccc21. The minimum Gasteiger partial charge on any atom is -0.340 e. The van der Waals surface area contributed by atoms with E-state index in [-0.39, 0.29) is 0 Å². The second-order valence-electron chi connectivity index (χ2n) is 7.92. The molecule has 0 fully saturated rings. The summed E-state index contributed by atoms with van der Waals surface area (Å²) in [6.45, 7) is 5.00. The molecule has 0 aliphatic heterocycles. The molecular formula is C26H27N3S2. The van der Waals surface area contributed by atoms with E-state index in [4.69, 9.17) is 4.99 Å². The molecule has 0 amide bonds. The molecule has 3 aromatic carbocycles. The predicted octanol–water partition coefficient (Wildman–Crippen LogP) is 6.47. The number of aromatic nitrogens is 2. The molecule has 3 nitrogen and oxygen atoms in total. The molecule has 0 spiro atoms. The summed E-state index contributed by atoms with van der Waals surface area (Å²) in [5, 5.41) is 2.70. The normalized spacial score (nSPS) is 12.5. The Balaban J connectivity index is 1.43. The van der Waals surface area contributed by atoms with Crippen LogP contribution in [0.15, 0.2) is 71.7 Å². The maximum atomic E-state index is 5.03. The second kappa shape index (κ2) is 8.93. The largest absolute Gasteiger partial charge is 0.340 e. The van der Waals surface area contributed by atoms with E-state index >= 15 is 0 Å². The summed E-state index contributed by atoms with van der Waals surface area (Å²) in [4.78, 5) is 6.18. The average molecular weight is 446 g/mol. The van der Waals surface area contributed by atoms with E-state index in [1.54, 1.807) is 0 Å². The van der Waals surface area contributed by atoms with Gasteiger partial charge in [0.1, 0.15) is 0 Å². The number of hydrogen-bond donors (Lipinski definition) is 0. The van der Waals surface area contributed by atoms with Gasteiger partial charge in [-0.1, -0.05) is 53.3 Å². The fourth-order valence-corrected chi connectivity index (χ4v) is 5.80. The molecule has 31 heavy (non-hydrogen) atoms. The van der Waals surface area contributed by atoms with Crippen molar-refractivity contribution >= 4 is 55.1 Å². The van der Waals surface area contributed by atoms with Crippen LogP contribution >= 0.6 is 23.1 Å². The Labute approximate surface area is 191 Å². The van der Waals surface area contributed by atoms with Crippen molar-refractivity contribution in [3.63, 3.8) is 0 Å². The van der Waals surface area contributed by atoms with Gasteiger partial charge in [-0.05, 0) is 49.9 Å². The van der Waals surface area contributed by atoms with E-state index in [0.29, 0.717) is 0 Å². The lowest BCUT2D eigenvalue weighted by Crippen LogP contribution is -2.17. The topological polar surface area (TPSA) is 22.2 Å². The van der Waals surface area contributed by atoms with Gasteiger partial charge in [-0.2, -0.15) is 11.8 Å². The van der Waals surface area contributed by atoms with Crippen molar-refractivity contribution in [3.8, 4) is 0 Å². The summed E-state index contributed by atoms with van der Waals surface area (Å²) in [6, 6.07) is 24.2. The minimum atomic E-state index is 0.839. The molecule has 2 heterocycles. The fourth-order valence-electron chi connectivity index (χ4n) is 4.35. The van der Waals surface area contributed by atoms with Crippen LogP contribution in [0, 0.1) is 6.92 Å². The fraction of sp³-hybridized carbons (Fsp3) is 0.269. The van der Waals surface area contributed by atoms with Crippen molar-refractivity contribution in [1.82, 2.24) is 9.13 Å². The summed E-state index contributed by atoms with van der Waals surface area (Å²) in [5.41, 5.74) is 5.26. The Bertz CT molecular complexity index is 1420. The molecule has 0 saturated heterocycles. The zero-order chi connectivity index (χ0) is 21.2. The molecule has 0 radical (unpaired) electrons. The summed E-state index contributed by atoms with van der Waals surface area (Å²) in [7, 11) is 0. The quantitative estimate of drug-likeness (QED) is 0.263. The van der Waals surface area contributed by atoms with Gasteiger partial charge in [-0.25, -0.2) is 0 Å². The standard InChI is InChI=1S/C26H27N3S2/c1-19-12-13-23-21(18-19)20-8-3-4-9-22(20)28(23)15-7-14-27-26-29(16-17-30-2)24-10-5-6-11-25(24)31-26/h3-6,8-13,18H,7,14-17H2,1-2H3. The first kappa shape index (κ1) is 20.4. The third kappa shape index (κ3) is 3.92. The zero-order valence-corrected chi connectivity index (χ0v) is 19.7. The molecule has 0 atom stereocenters. The van der Waals surface area contributed by atoms with Crippen LogP contribution in [0.2, 0.25) is 0 Å². The van der Waals surface area contributed by atoms with Gasteiger partial charge in [0, 0.05) is 47.2 Å².